The van der Waals surface area contributed by atoms with Crippen LogP contribution in [0.2, 0.25) is 5.02 Å². The van der Waals surface area contributed by atoms with Gasteiger partial charge in [0.1, 0.15) is 0 Å². The molecule has 1 aromatic carbocycles. The van der Waals surface area contributed by atoms with Crippen LogP contribution >= 0.6 is 11.6 Å². The van der Waals surface area contributed by atoms with Crippen molar-refractivity contribution in [1.29, 1.82) is 0 Å². The lowest BCUT2D eigenvalue weighted by molar-refractivity contribution is 0.459. The molecule has 100 valence electrons. The molecule has 0 aromatic heterocycles. The molecule has 3 heteroatoms. The molecular weight excluding hydrogens is 244 g/mol. The first-order valence-corrected chi connectivity index (χ1v) is 7.02. The number of rotatable bonds is 1. The SMILES string of the molecule is Cc1cc(Cl)ccc1N1CC(C)CNCC1(C)C. The predicted molar refractivity (Wildman–Crippen MR) is 79.6 cm³/mol. The third-order valence-corrected chi connectivity index (χ3v) is 3.96. The van der Waals surface area contributed by atoms with Crippen molar-refractivity contribution in [2.45, 2.75) is 33.2 Å². The lowest BCUT2D eigenvalue weighted by Gasteiger charge is -2.40. The van der Waals surface area contributed by atoms with Crippen LogP contribution in [0.25, 0.3) is 0 Å². The van der Waals surface area contributed by atoms with Crippen molar-refractivity contribution < 1.29 is 0 Å². The van der Waals surface area contributed by atoms with Gasteiger partial charge in [0.25, 0.3) is 0 Å². The van der Waals surface area contributed by atoms with Gasteiger partial charge in [-0.2, -0.15) is 0 Å². The van der Waals surface area contributed by atoms with E-state index in [1.54, 1.807) is 0 Å². The summed E-state index contributed by atoms with van der Waals surface area (Å²) in [5.74, 6) is 0.654. The number of nitrogens with one attached hydrogen (secondary N) is 1. The van der Waals surface area contributed by atoms with Crippen LogP contribution in [0.1, 0.15) is 26.3 Å². The average molecular weight is 267 g/mol. The molecule has 1 aliphatic heterocycles. The molecule has 0 radical (unpaired) electrons. The van der Waals surface area contributed by atoms with Crippen LogP contribution in [0.3, 0.4) is 0 Å². The Kier molecular flexibility index (Phi) is 3.88. The summed E-state index contributed by atoms with van der Waals surface area (Å²) in [6.07, 6.45) is 0. The fourth-order valence-corrected chi connectivity index (χ4v) is 2.92. The molecule has 0 bridgehead atoms. The first-order valence-electron chi connectivity index (χ1n) is 6.64. The highest BCUT2D eigenvalue weighted by molar-refractivity contribution is 6.30. The van der Waals surface area contributed by atoms with Gasteiger partial charge in [-0.1, -0.05) is 18.5 Å². The second-order valence-corrected chi connectivity index (χ2v) is 6.53. The highest BCUT2D eigenvalue weighted by atomic mass is 35.5. The molecule has 1 N–H and O–H groups in total. The minimum atomic E-state index is 0.128. The summed E-state index contributed by atoms with van der Waals surface area (Å²) in [6, 6.07) is 6.19. The second kappa shape index (κ2) is 5.10. The van der Waals surface area contributed by atoms with Crippen LogP contribution in [0.5, 0.6) is 0 Å². The number of hydrogen-bond acceptors (Lipinski definition) is 2. The third kappa shape index (κ3) is 2.81. The quantitative estimate of drug-likeness (QED) is 0.837. The fourth-order valence-electron chi connectivity index (χ4n) is 2.69. The van der Waals surface area contributed by atoms with Gasteiger partial charge in [0.2, 0.25) is 0 Å². The number of nitrogens with zero attached hydrogens (tertiary/aromatic N) is 1. The Morgan fingerprint density at radius 2 is 2.11 bits per heavy atom. The largest absolute Gasteiger partial charge is 0.365 e. The van der Waals surface area contributed by atoms with E-state index in [-0.39, 0.29) is 5.54 Å². The highest BCUT2D eigenvalue weighted by Gasteiger charge is 2.31. The van der Waals surface area contributed by atoms with E-state index in [9.17, 15) is 0 Å². The minimum Gasteiger partial charge on any atom is -0.365 e. The van der Waals surface area contributed by atoms with Crippen molar-refractivity contribution in [3.63, 3.8) is 0 Å². The summed E-state index contributed by atoms with van der Waals surface area (Å²) in [7, 11) is 0. The van der Waals surface area contributed by atoms with Crippen LogP contribution < -0.4 is 10.2 Å². The summed E-state index contributed by atoms with van der Waals surface area (Å²) in [4.78, 5) is 2.52. The third-order valence-electron chi connectivity index (χ3n) is 3.72. The molecule has 1 aromatic rings. The topological polar surface area (TPSA) is 15.3 Å². The van der Waals surface area contributed by atoms with Gasteiger partial charge in [0.05, 0.1) is 0 Å². The maximum atomic E-state index is 6.06. The molecule has 18 heavy (non-hydrogen) atoms. The van der Waals surface area contributed by atoms with E-state index >= 15 is 0 Å². The smallest absolute Gasteiger partial charge is 0.0470 e. The maximum absolute atomic E-state index is 6.06. The van der Waals surface area contributed by atoms with Gasteiger partial charge in [-0.05, 0) is 57.0 Å². The standard InChI is InChI=1S/C15H23ClN2/c1-11-8-17-10-15(3,4)18(9-11)14-6-5-13(16)7-12(14)2/h5-7,11,17H,8-10H2,1-4H3. The van der Waals surface area contributed by atoms with Crippen LogP contribution in [0.4, 0.5) is 5.69 Å². The zero-order valence-electron chi connectivity index (χ0n) is 11.8. The van der Waals surface area contributed by atoms with Crippen molar-refractivity contribution in [3.8, 4) is 0 Å². The van der Waals surface area contributed by atoms with E-state index in [0.29, 0.717) is 5.92 Å². The zero-order valence-corrected chi connectivity index (χ0v) is 12.5. The molecule has 1 aliphatic rings. The van der Waals surface area contributed by atoms with E-state index in [1.165, 1.54) is 11.3 Å². The van der Waals surface area contributed by atoms with Crippen LogP contribution in [-0.2, 0) is 0 Å². The molecule has 0 spiro atoms. The molecule has 0 aliphatic carbocycles. The van der Waals surface area contributed by atoms with Crippen molar-refractivity contribution in [2.75, 3.05) is 24.5 Å². The molecular formula is C15H23ClN2. The van der Waals surface area contributed by atoms with E-state index < -0.39 is 0 Å². The zero-order chi connectivity index (χ0) is 13.3. The summed E-state index contributed by atoms with van der Waals surface area (Å²) >= 11 is 6.06. The maximum Gasteiger partial charge on any atom is 0.0470 e. The number of hydrogen-bond donors (Lipinski definition) is 1. The van der Waals surface area contributed by atoms with Gasteiger partial charge >= 0.3 is 0 Å². The van der Waals surface area contributed by atoms with Crippen molar-refractivity contribution in [1.82, 2.24) is 5.32 Å². The average Bonchev–Trinajstić information content (AvgIpc) is 2.38. The van der Waals surface area contributed by atoms with E-state index in [0.717, 1.165) is 24.7 Å². The lowest BCUT2D eigenvalue weighted by Crippen LogP contribution is -2.49. The van der Waals surface area contributed by atoms with Gasteiger partial charge in [-0.15, -0.1) is 0 Å². The first kappa shape index (κ1) is 13.7. The van der Waals surface area contributed by atoms with Gasteiger partial charge in [0.15, 0.2) is 0 Å². The van der Waals surface area contributed by atoms with Crippen molar-refractivity contribution >= 4 is 17.3 Å². The van der Waals surface area contributed by atoms with Gasteiger partial charge < -0.3 is 10.2 Å². The lowest BCUT2D eigenvalue weighted by atomic mass is 9.99. The monoisotopic (exact) mass is 266 g/mol. The summed E-state index contributed by atoms with van der Waals surface area (Å²) in [6.45, 7) is 12.2. The molecule has 1 unspecified atom stereocenters. The summed E-state index contributed by atoms with van der Waals surface area (Å²) in [5.41, 5.74) is 2.69. The molecule has 1 fully saturated rings. The van der Waals surface area contributed by atoms with E-state index in [4.69, 9.17) is 11.6 Å². The molecule has 1 saturated heterocycles. The Labute approximate surface area is 115 Å². The second-order valence-electron chi connectivity index (χ2n) is 6.09. The fraction of sp³-hybridized carbons (Fsp3) is 0.600. The summed E-state index contributed by atoms with van der Waals surface area (Å²) < 4.78 is 0. The van der Waals surface area contributed by atoms with E-state index in [1.807, 2.05) is 6.07 Å². The van der Waals surface area contributed by atoms with Gasteiger partial charge in [0, 0.05) is 29.3 Å². The molecule has 1 heterocycles. The molecule has 0 saturated carbocycles. The van der Waals surface area contributed by atoms with Crippen LogP contribution in [0.15, 0.2) is 18.2 Å². The molecule has 0 amide bonds. The Bertz CT molecular complexity index is 429. The number of anilines is 1. The summed E-state index contributed by atoms with van der Waals surface area (Å²) in [5, 5.41) is 4.36. The number of halogens is 1. The van der Waals surface area contributed by atoms with Crippen LogP contribution in [-0.4, -0.2) is 25.2 Å². The van der Waals surface area contributed by atoms with Gasteiger partial charge in [-0.25, -0.2) is 0 Å². The number of benzene rings is 1. The highest BCUT2D eigenvalue weighted by Crippen LogP contribution is 2.31. The predicted octanol–water partition coefficient (Wildman–Crippen LogP) is 3.47. The Balaban J connectivity index is 2.38. The molecule has 2 rings (SSSR count). The number of aryl methyl sites for hydroxylation is 1. The normalized spacial score (nSPS) is 23.8. The Morgan fingerprint density at radius 3 is 2.78 bits per heavy atom. The van der Waals surface area contributed by atoms with Crippen LogP contribution in [0, 0.1) is 12.8 Å². The Hall–Kier alpha value is -0.730. The molecule has 1 atom stereocenters. The Morgan fingerprint density at radius 1 is 1.39 bits per heavy atom. The molecule has 2 nitrogen and oxygen atoms in total. The van der Waals surface area contributed by atoms with Crippen molar-refractivity contribution in [3.05, 3.63) is 28.8 Å². The first-order chi connectivity index (χ1) is 8.40. The minimum absolute atomic E-state index is 0.128. The van der Waals surface area contributed by atoms with Crippen molar-refractivity contribution in [2.24, 2.45) is 5.92 Å². The van der Waals surface area contributed by atoms with Gasteiger partial charge in [-0.3, -0.25) is 0 Å². The van der Waals surface area contributed by atoms with E-state index in [2.05, 4.69) is 50.0 Å².